The first kappa shape index (κ1) is 24.4. The molecule has 3 aromatic rings. The number of halogens is 2. The van der Waals surface area contributed by atoms with Gasteiger partial charge in [0.2, 0.25) is 5.91 Å². The molecule has 1 saturated heterocycles. The summed E-state index contributed by atoms with van der Waals surface area (Å²) in [5.41, 5.74) is 2.79. The van der Waals surface area contributed by atoms with Crippen LogP contribution < -0.4 is 15.4 Å². The molecule has 1 aliphatic rings. The maximum absolute atomic E-state index is 13.8. The predicted octanol–water partition coefficient (Wildman–Crippen LogP) is 4.85. The zero-order chi connectivity index (χ0) is 24.9. The normalized spacial score (nSPS) is 14.3. The van der Waals surface area contributed by atoms with Crippen LogP contribution in [0, 0.1) is 16.3 Å². The number of ether oxygens (including phenoxy) is 1. The molecule has 7 nitrogen and oxygen atoms in total. The van der Waals surface area contributed by atoms with E-state index in [-0.39, 0.29) is 18.1 Å². The predicted molar refractivity (Wildman–Crippen MR) is 138 cm³/mol. The summed E-state index contributed by atoms with van der Waals surface area (Å²) in [4.78, 5) is 38.2. The first-order chi connectivity index (χ1) is 16.8. The van der Waals surface area contributed by atoms with Gasteiger partial charge in [-0.2, -0.15) is 0 Å². The third-order valence-electron chi connectivity index (χ3n) is 5.21. The molecule has 3 aromatic carbocycles. The highest BCUT2D eigenvalue weighted by Gasteiger charge is 2.34. The topological polar surface area (TPSA) is 87.7 Å². The standard InChI is InChI=1S/C26H21FIN3O4/c1-16-6-9-19(10-7-16)29-24(32)14-31-25(33)22(30-26(31)34)13-17-8-11-23(21(28)12-17)35-15-18-4-2-3-5-20(18)27/h2-13H,14-15H2,1H3,(H,29,32)(H,30,34)/b22-13+. The molecule has 0 saturated carbocycles. The molecule has 2 N–H and O–H groups in total. The van der Waals surface area contributed by atoms with Crippen molar-refractivity contribution in [2.45, 2.75) is 13.5 Å². The molecule has 4 amide bonds. The number of carbonyl (C=O) groups excluding carboxylic acids is 3. The van der Waals surface area contributed by atoms with Gasteiger partial charge in [-0.25, -0.2) is 14.1 Å². The number of benzene rings is 3. The van der Waals surface area contributed by atoms with Crippen molar-refractivity contribution in [3.8, 4) is 5.75 Å². The van der Waals surface area contributed by atoms with Crippen molar-refractivity contribution in [2.75, 3.05) is 11.9 Å². The van der Waals surface area contributed by atoms with Gasteiger partial charge in [0.15, 0.2) is 0 Å². The molecular weight excluding hydrogens is 564 g/mol. The fraction of sp³-hybridized carbons (Fsp3) is 0.115. The van der Waals surface area contributed by atoms with Crippen molar-refractivity contribution in [1.82, 2.24) is 10.2 Å². The van der Waals surface area contributed by atoms with E-state index in [2.05, 4.69) is 33.2 Å². The summed E-state index contributed by atoms with van der Waals surface area (Å²) in [6.07, 6.45) is 1.53. The molecular formula is C26H21FIN3O4. The minimum Gasteiger partial charge on any atom is -0.488 e. The Kier molecular flexibility index (Phi) is 7.45. The Labute approximate surface area is 215 Å². The summed E-state index contributed by atoms with van der Waals surface area (Å²) in [5, 5.41) is 5.18. The number of imide groups is 1. The van der Waals surface area contributed by atoms with Gasteiger partial charge in [-0.1, -0.05) is 42.0 Å². The molecule has 0 spiro atoms. The number of nitrogens with one attached hydrogen (secondary N) is 2. The van der Waals surface area contributed by atoms with Crippen LogP contribution in [0.4, 0.5) is 14.9 Å². The Balaban J connectivity index is 1.40. The number of hydrogen-bond donors (Lipinski definition) is 2. The van der Waals surface area contributed by atoms with Gasteiger partial charge in [0.05, 0.1) is 3.57 Å². The van der Waals surface area contributed by atoms with Crippen LogP contribution in [-0.4, -0.2) is 29.3 Å². The largest absolute Gasteiger partial charge is 0.488 e. The van der Waals surface area contributed by atoms with E-state index in [1.54, 1.807) is 48.5 Å². The van der Waals surface area contributed by atoms with E-state index >= 15 is 0 Å². The number of amides is 4. The van der Waals surface area contributed by atoms with Crippen molar-refractivity contribution < 1.29 is 23.5 Å². The SMILES string of the molecule is Cc1ccc(NC(=O)CN2C(=O)N/C(=C/c3ccc(OCc4ccccc4F)c(I)c3)C2=O)cc1. The number of nitrogens with zero attached hydrogens (tertiary/aromatic N) is 1. The van der Waals surface area contributed by atoms with E-state index in [4.69, 9.17) is 4.74 Å². The summed E-state index contributed by atoms with van der Waals surface area (Å²) in [5.74, 6) is -0.850. The molecule has 0 radical (unpaired) electrons. The van der Waals surface area contributed by atoms with Crippen LogP contribution in [0.3, 0.4) is 0 Å². The Hall–Kier alpha value is -3.73. The highest BCUT2D eigenvalue weighted by Crippen LogP contribution is 2.25. The summed E-state index contributed by atoms with van der Waals surface area (Å²) in [7, 11) is 0. The Morgan fingerprint density at radius 3 is 2.57 bits per heavy atom. The second-order valence-corrected chi connectivity index (χ2v) is 9.03. The smallest absolute Gasteiger partial charge is 0.329 e. The first-order valence-electron chi connectivity index (χ1n) is 10.7. The van der Waals surface area contributed by atoms with Crippen LogP contribution in [0.5, 0.6) is 5.75 Å². The highest BCUT2D eigenvalue weighted by molar-refractivity contribution is 14.1. The fourth-order valence-electron chi connectivity index (χ4n) is 3.36. The van der Waals surface area contributed by atoms with E-state index in [1.165, 1.54) is 12.1 Å². The maximum Gasteiger partial charge on any atom is 0.329 e. The zero-order valence-electron chi connectivity index (χ0n) is 18.7. The van der Waals surface area contributed by atoms with Crippen LogP contribution in [0.15, 0.2) is 72.4 Å². The Bertz CT molecular complexity index is 1320. The fourth-order valence-corrected chi connectivity index (χ4v) is 4.05. The molecule has 35 heavy (non-hydrogen) atoms. The van der Waals surface area contributed by atoms with Crippen molar-refractivity contribution in [3.05, 3.63) is 98.5 Å². The van der Waals surface area contributed by atoms with Gasteiger partial charge < -0.3 is 15.4 Å². The average molecular weight is 585 g/mol. The molecule has 178 valence electrons. The van der Waals surface area contributed by atoms with Crippen LogP contribution in [-0.2, 0) is 16.2 Å². The number of urea groups is 1. The lowest BCUT2D eigenvalue weighted by Crippen LogP contribution is -2.38. The molecule has 1 heterocycles. The molecule has 1 fully saturated rings. The van der Waals surface area contributed by atoms with Crippen LogP contribution in [0.1, 0.15) is 16.7 Å². The number of aryl methyl sites for hydroxylation is 1. The van der Waals surface area contributed by atoms with Crippen LogP contribution >= 0.6 is 22.6 Å². The summed E-state index contributed by atoms with van der Waals surface area (Å²) in [6.45, 7) is 1.60. The van der Waals surface area contributed by atoms with Crippen molar-refractivity contribution in [1.29, 1.82) is 0 Å². The second-order valence-electron chi connectivity index (χ2n) is 7.86. The van der Waals surface area contributed by atoms with Gasteiger partial charge in [-0.15, -0.1) is 0 Å². The van der Waals surface area contributed by atoms with Gasteiger partial charge >= 0.3 is 6.03 Å². The van der Waals surface area contributed by atoms with Crippen molar-refractivity contribution in [2.24, 2.45) is 0 Å². The first-order valence-corrected chi connectivity index (χ1v) is 11.7. The summed E-state index contributed by atoms with van der Waals surface area (Å²) >= 11 is 2.08. The summed E-state index contributed by atoms with van der Waals surface area (Å²) in [6, 6.07) is 18.1. The molecule has 1 aliphatic heterocycles. The van der Waals surface area contributed by atoms with Gasteiger partial charge in [-0.3, -0.25) is 9.59 Å². The van der Waals surface area contributed by atoms with Crippen LogP contribution in [0.2, 0.25) is 0 Å². The third kappa shape index (κ3) is 6.04. The molecule has 4 rings (SSSR count). The number of rotatable bonds is 7. The lowest BCUT2D eigenvalue weighted by atomic mass is 10.2. The van der Waals surface area contributed by atoms with Gasteiger partial charge in [-0.05, 0) is 71.5 Å². The van der Waals surface area contributed by atoms with Crippen molar-refractivity contribution >= 4 is 52.2 Å². The second kappa shape index (κ2) is 10.7. The highest BCUT2D eigenvalue weighted by atomic mass is 127. The van der Waals surface area contributed by atoms with Gasteiger partial charge in [0.1, 0.15) is 30.4 Å². The molecule has 0 bridgehead atoms. The van der Waals surface area contributed by atoms with Crippen LogP contribution in [0.25, 0.3) is 6.08 Å². The molecule has 9 heteroatoms. The monoisotopic (exact) mass is 585 g/mol. The summed E-state index contributed by atoms with van der Waals surface area (Å²) < 4.78 is 20.3. The molecule has 0 aliphatic carbocycles. The minimum atomic E-state index is -0.667. The third-order valence-corrected chi connectivity index (χ3v) is 6.05. The maximum atomic E-state index is 13.8. The van der Waals surface area contributed by atoms with E-state index < -0.39 is 24.4 Å². The van der Waals surface area contributed by atoms with E-state index in [1.807, 2.05) is 19.1 Å². The lowest BCUT2D eigenvalue weighted by molar-refractivity contribution is -0.127. The minimum absolute atomic E-state index is 0.0639. The van der Waals surface area contributed by atoms with Crippen molar-refractivity contribution in [3.63, 3.8) is 0 Å². The number of carbonyl (C=O) groups is 3. The van der Waals surface area contributed by atoms with E-state index in [0.29, 0.717) is 22.6 Å². The molecule has 0 aromatic heterocycles. The number of hydrogen-bond acceptors (Lipinski definition) is 4. The van der Waals surface area contributed by atoms with Gasteiger partial charge in [0, 0.05) is 11.3 Å². The lowest BCUT2D eigenvalue weighted by Gasteiger charge is -2.12. The number of anilines is 1. The zero-order valence-corrected chi connectivity index (χ0v) is 20.8. The molecule has 0 unspecified atom stereocenters. The average Bonchev–Trinajstić information content (AvgIpc) is 3.08. The Morgan fingerprint density at radius 1 is 1.11 bits per heavy atom. The molecule has 0 atom stereocenters. The van der Waals surface area contributed by atoms with Gasteiger partial charge in [0.25, 0.3) is 5.91 Å². The van der Waals surface area contributed by atoms with E-state index in [9.17, 15) is 18.8 Å². The van der Waals surface area contributed by atoms with E-state index in [0.717, 1.165) is 14.0 Å². The quantitative estimate of drug-likeness (QED) is 0.236. The Morgan fingerprint density at radius 2 is 1.86 bits per heavy atom.